The van der Waals surface area contributed by atoms with Crippen molar-refractivity contribution in [3.63, 3.8) is 0 Å². The highest BCUT2D eigenvalue weighted by atomic mass is 15.0. The summed E-state index contributed by atoms with van der Waals surface area (Å²) in [4.78, 5) is 0. The molecule has 9 aromatic carbocycles. The van der Waals surface area contributed by atoms with E-state index in [1.54, 1.807) is 0 Å². The van der Waals surface area contributed by atoms with Crippen LogP contribution >= 0.6 is 0 Å². The average Bonchev–Trinajstić information content (AvgIpc) is 4.06. The standard InChI is InChI=1S/C56H32N6/c57-33-35-31-51(61-45-25-13-9-21-40(45)55-49(61)29-27-47-53(55)38-19-7-11-23-43(38)59(47)36-15-3-1-4-16-36)42(34-58)52(32-35)62-46-26-14-10-22-41(46)56-50(62)30-28-48-54(56)39-20-8-12-24-44(39)60(48)37-17-5-2-6-18-37/h1-32H. The molecule has 6 heteroatoms. The van der Waals surface area contributed by atoms with E-state index in [0.29, 0.717) is 22.5 Å². The summed E-state index contributed by atoms with van der Waals surface area (Å²) in [6, 6.07) is 72.7. The molecule has 13 rings (SSSR count). The monoisotopic (exact) mass is 788 g/mol. The molecule has 0 fully saturated rings. The number of hydrogen-bond donors (Lipinski definition) is 0. The van der Waals surface area contributed by atoms with Crippen molar-refractivity contribution in [2.24, 2.45) is 0 Å². The van der Waals surface area contributed by atoms with Crippen LogP contribution in [0.4, 0.5) is 0 Å². The fourth-order valence-electron chi connectivity index (χ4n) is 10.4. The van der Waals surface area contributed by atoms with Crippen molar-refractivity contribution in [2.45, 2.75) is 0 Å². The Balaban J connectivity index is 1.15. The second kappa shape index (κ2) is 12.8. The Hall–Kier alpha value is -8.84. The van der Waals surface area contributed by atoms with Crippen LogP contribution in [-0.2, 0) is 0 Å². The molecule has 0 aliphatic carbocycles. The Morgan fingerprint density at radius 3 is 0.935 bits per heavy atom. The van der Waals surface area contributed by atoms with E-state index in [-0.39, 0.29) is 0 Å². The molecule has 286 valence electrons. The summed E-state index contributed by atoms with van der Waals surface area (Å²) in [6.45, 7) is 0. The molecule has 6 nitrogen and oxygen atoms in total. The number of nitriles is 2. The van der Waals surface area contributed by atoms with Gasteiger partial charge < -0.3 is 18.3 Å². The first-order chi connectivity index (χ1) is 30.7. The number of nitrogens with zero attached hydrogens (tertiary/aromatic N) is 6. The molecule has 62 heavy (non-hydrogen) atoms. The van der Waals surface area contributed by atoms with Gasteiger partial charge in [-0.25, -0.2) is 0 Å². The van der Waals surface area contributed by atoms with E-state index in [1.807, 2.05) is 36.4 Å². The van der Waals surface area contributed by atoms with Crippen LogP contribution in [0.3, 0.4) is 0 Å². The van der Waals surface area contributed by atoms with Crippen LogP contribution in [0.25, 0.3) is 110 Å². The van der Waals surface area contributed by atoms with Gasteiger partial charge in [-0.1, -0.05) is 109 Å². The summed E-state index contributed by atoms with van der Waals surface area (Å²) in [6.07, 6.45) is 0. The maximum atomic E-state index is 11.5. The maximum Gasteiger partial charge on any atom is 0.104 e. The molecule has 0 aliphatic rings. The van der Waals surface area contributed by atoms with Crippen molar-refractivity contribution in [1.29, 1.82) is 10.5 Å². The number of hydrogen-bond acceptors (Lipinski definition) is 2. The topological polar surface area (TPSA) is 67.3 Å². The largest absolute Gasteiger partial charge is 0.309 e. The third kappa shape index (κ3) is 4.50. The fourth-order valence-corrected chi connectivity index (χ4v) is 10.4. The zero-order valence-corrected chi connectivity index (χ0v) is 33.2. The van der Waals surface area contributed by atoms with Gasteiger partial charge in [-0.2, -0.15) is 10.5 Å². The van der Waals surface area contributed by atoms with E-state index < -0.39 is 0 Å². The average molecular weight is 789 g/mol. The maximum absolute atomic E-state index is 11.5. The summed E-state index contributed by atoms with van der Waals surface area (Å²) >= 11 is 0. The number of rotatable bonds is 4. The van der Waals surface area contributed by atoms with E-state index in [1.165, 1.54) is 0 Å². The highest BCUT2D eigenvalue weighted by molar-refractivity contribution is 6.30. The molecule has 0 N–H and O–H groups in total. The molecule has 0 bridgehead atoms. The van der Waals surface area contributed by atoms with Crippen molar-refractivity contribution >= 4 is 87.2 Å². The summed E-state index contributed by atoms with van der Waals surface area (Å²) in [5, 5.41) is 31.2. The Morgan fingerprint density at radius 2 is 0.597 bits per heavy atom. The van der Waals surface area contributed by atoms with Gasteiger partial charge in [0, 0.05) is 54.5 Å². The Bertz CT molecular complexity index is 3860. The quantitative estimate of drug-likeness (QED) is 0.178. The zero-order chi connectivity index (χ0) is 41.1. The van der Waals surface area contributed by atoms with Gasteiger partial charge in [-0.3, -0.25) is 0 Å². The SMILES string of the molecule is N#Cc1cc(-n2c3ccccc3c3c4c5ccccc5n(-c5ccccc5)c4ccc32)c(C#N)c(-n2c3ccccc3c3c4c5ccccc5n(-c5ccccc5)c4ccc32)c1. The van der Waals surface area contributed by atoms with Crippen molar-refractivity contribution in [1.82, 2.24) is 18.3 Å². The first-order valence-corrected chi connectivity index (χ1v) is 20.7. The van der Waals surface area contributed by atoms with E-state index in [2.05, 4.69) is 188 Å². The first-order valence-electron chi connectivity index (χ1n) is 20.7. The smallest absolute Gasteiger partial charge is 0.104 e. The molecule has 0 unspecified atom stereocenters. The molecule has 0 radical (unpaired) electrons. The summed E-state index contributed by atoms with van der Waals surface area (Å²) in [7, 11) is 0. The number of fused-ring (bicyclic) bond motifs is 14. The highest BCUT2D eigenvalue weighted by Crippen LogP contribution is 2.46. The van der Waals surface area contributed by atoms with Crippen molar-refractivity contribution in [3.05, 3.63) is 205 Å². The molecule has 0 saturated heterocycles. The van der Waals surface area contributed by atoms with Gasteiger partial charge in [-0.05, 0) is 84.9 Å². The van der Waals surface area contributed by atoms with Gasteiger partial charge >= 0.3 is 0 Å². The lowest BCUT2D eigenvalue weighted by Crippen LogP contribution is -2.05. The van der Waals surface area contributed by atoms with Crippen LogP contribution < -0.4 is 0 Å². The van der Waals surface area contributed by atoms with E-state index in [0.717, 1.165) is 98.6 Å². The Kier molecular flexibility index (Phi) is 7.05. The number of aromatic nitrogens is 4. The Morgan fingerprint density at radius 1 is 0.290 bits per heavy atom. The lowest BCUT2D eigenvalue weighted by molar-refractivity contribution is 1.11. The van der Waals surface area contributed by atoms with Crippen LogP contribution in [0.15, 0.2) is 194 Å². The summed E-state index contributed by atoms with van der Waals surface area (Å²) in [5.74, 6) is 0. The zero-order valence-electron chi connectivity index (χ0n) is 33.2. The van der Waals surface area contributed by atoms with Crippen molar-refractivity contribution < 1.29 is 0 Å². The Labute approximate surface area is 354 Å². The molecule has 0 saturated carbocycles. The summed E-state index contributed by atoms with van der Waals surface area (Å²) in [5.41, 5.74) is 12.7. The molecule has 0 spiro atoms. The van der Waals surface area contributed by atoms with Gasteiger partial charge in [0.05, 0.1) is 67.1 Å². The minimum atomic E-state index is 0.467. The van der Waals surface area contributed by atoms with Crippen molar-refractivity contribution in [3.8, 4) is 34.9 Å². The van der Waals surface area contributed by atoms with Gasteiger partial charge in [0.1, 0.15) is 11.6 Å². The molecule has 4 heterocycles. The predicted octanol–water partition coefficient (Wildman–Crippen LogP) is 13.8. The second-order valence-corrected chi connectivity index (χ2v) is 15.9. The second-order valence-electron chi connectivity index (χ2n) is 15.9. The molecular formula is C56H32N6. The first kappa shape index (κ1) is 34.1. The normalized spacial score (nSPS) is 11.8. The molecular weight excluding hydrogens is 757 g/mol. The van der Waals surface area contributed by atoms with Crippen LogP contribution in [-0.4, -0.2) is 18.3 Å². The van der Waals surface area contributed by atoms with Crippen LogP contribution in [0.1, 0.15) is 11.1 Å². The number of para-hydroxylation sites is 6. The van der Waals surface area contributed by atoms with E-state index in [4.69, 9.17) is 0 Å². The van der Waals surface area contributed by atoms with Gasteiger partial charge in [-0.15, -0.1) is 0 Å². The third-order valence-corrected chi connectivity index (χ3v) is 12.8. The molecule has 0 amide bonds. The minimum Gasteiger partial charge on any atom is -0.309 e. The van der Waals surface area contributed by atoms with Gasteiger partial charge in [0.2, 0.25) is 0 Å². The van der Waals surface area contributed by atoms with E-state index >= 15 is 0 Å². The highest BCUT2D eigenvalue weighted by Gasteiger charge is 2.26. The predicted molar refractivity (Wildman–Crippen MR) is 253 cm³/mol. The van der Waals surface area contributed by atoms with Gasteiger partial charge in [0.15, 0.2) is 0 Å². The van der Waals surface area contributed by atoms with Crippen molar-refractivity contribution in [2.75, 3.05) is 0 Å². The summed E-state index contributed by atoms with van der Waals surface area (Å²) < 4.78 is 9.06. The molecule has 4 aromatic heterocycles. The lowest BCUT2D eigenvalue weighted by Gasteiger charge is -2.17. The van der Waals surface area contributed by atoms with E-state index in [9.17, 15) is 10.5 Å². The number of benzene rings is 9. The van der Waals surface area contributed by atoms with Crippen LogP contribution in [0.5, 0.6) is 0 Å². The minimum absolute atomic E-state index is 0.467. The van der Waals surface area contributed by atoms with Gasteiger partial charge in [0.25, 0.3) is 0 Å². The fraction of sp³-hybridized carbons (Fsp3) is 0. The molecule has 0 aliphatic heterocycles. The third-order valence-electron chi connectivity index (χ3n) is 12.8. The lowest BCUT2D eigenvalue weighted by atomic mass is 10.0. The van der Waals surface area contributed by atoms with Crippen LogP contribution in [0, 0.1) is 22.7 Å². The van der Waals surface area contributed by atoms with Crippen LogP contribution in [0.2, 0.25) is 0 Å². The molecule has 13 aromatic rings. The molecule has 0 atom stereocenters.